The molecule has 1 aliphatic heterocycles. The van der Waals surface area contributed by atoms with E-state index in [2.05, 4.69) is 9.89 Å². The zero-order chi connectivity index (χ0) is 18.9. The van der Waals surface area contributed by atoms with E-state index in [4.69, 9.17) is 10.3 Å². The summed E-state index contributed by atoms with van der Waals surface area (Å²) in [6.45, 7) is 0.611. The largest absolute Gasteiger partial charge is 0.573 e. The van der Waals surface area contributed by atoms with Crippen molar-refractivity contribution < 1.29 is 31.6 Å². The molecule has 2 aromatic rings. The highest BCUT2D eigenvalue weighted by atomic mass is 19.4. The fourth-order valence-corrected chi connectivity index (χ4v) is 2.91. The number of carbonyl (C=O) groups is 1. The van der Waals surface area contributed by atoms with Crippen LogP contribution in [0.5, 0.6) is 5.75 Å². The number of hydrogen-bond donors (Lipinski definition) is 1. The van der Waals surface area contributed by atoms with Crippen molar-refractivity contribution >= 4 is 11.8 Å². The lowest BCUT2D eigenvalue weighted by molar-refractivity contribution is -0.274. The number of alkyl halides is 3. The van der Waals surface area contributed by atoms with Gasteiger partial charge in [-0.25, -0.2) is 4.39 Å². The zero-order valence-electron chi connectivity index (χ0n) is 13.4. The Morgan fingerprint density at radius 3 is 2.54 bits per heavy atom. The molecule has 2 N–H and O–H groups in total. The summed E-state index contributed by atoms with van der Waals surface area (Å²) in [4.78, 5) is 13.9. The highest BCUT2D eigenvalue weighted by Crippen LogP contribution is 2.30. The molecule has 6 nitrogen and oxygen atoms in total. The first-order chi connectivity index (χ1) is 12.2. The average Bonchev–Trinajstić information content (AvgIpc) is 3.01. The number of piperidine rings is 1. The number of hydrogen-bond acceptors (Lipinski definition) is 5. The van der Waals surface area contributed by atoms with Crippen molar-refractivity contribution in [1.29, 1.82) is 0 Å². The number of nitrogens with zero attached hydrogens (tertiary/aromatic N) is 2. The SMILES string of the molecule is Nc1cc(C2CCN(C(=O)c3cc(OC(F)(F)F)ccc3F)CC2)no1. The predicted octanol–water partition coefficient (Wildman–Crippen LogP) is 3.31. The molecule has 2 heterocycles. The van der Waals surface area contributed by atoms with Gasteiger partial charge in [0.2, 0.25) is 5.88 Å². The Hall–Kier alpha value is -2.78. The van der Waals surface area contributed by atoms with Crippen molar-refractivity contribution in [1.82, 2.24) is 10.1 Å². The van der Waals surface area contributed by atoms with Gasteiger partial charge < -0.3 is 19.9 Å². The van der Waals surface area contributed by atoms with Crippen LogP contribution in [-0.4, -0.2) is 35.4 Å². The number of rotatable bonds is 3. The van der Waals surface area contributed by atoms with Crippen LogP contribution in [0.3, 0.4) is 0 Å². The van der Waals surface area contributed by atoms with E-state index in [9.17, 15) is 22.4 Å². The predicted molar refractivity (Wildman–Crippen MR) is 81.9 cm³/mol. The summed E-state index contributed by atoms with van der Waals surface area (Å²) < 4.78 is 59.4. The molecule has 1 aromatic carbocycles. The van der Waals surface area contributed by atoms with Crippen LogP contribution in [-0.2, 0) is 0 Å². The van der Waals surface area contributed by atoms with Crippen LogP contribution in [0.25, 0.3) is 0 Å². The molecule has 1 fully saturated rings. The lowest BCUT2D eigenvalue weighted by Gasteiger charge is -2.31. The smallest absolute Gasteiger partial charge is 0.406 e. The summed E-state index contributed by atoms with van der Waals surface area (Å²) in [5.74, 6) is -1.99. The molecule has 0 saturated carbocycles. The Kier molecular flexibility index (Phi) is 4.75. The summed E-state index contributed by atoms with van der Waals surface area (Å²) >= 11 is 0. The van der Waals surface area contributed by atoms with Gasteiger partial charge in [0.1, 0.15) is 11.6 Å². The zero-order valence-corrected chi connectivity index (χ0v) is 13.4. The molecule has 26 heavy (non-hydrogen) atoms. The van der Waals surface area contributed by atoms with Crippen LogP contribution >= 0.6 is 0 Å². The van der Waals surface area contributed by atoms with Crippen LogP contribution in [0, 0.1) is 5.82 Å². The Balaban J connectivity index is 1.69. The Morgan fingerprint density at radius 2 is 1.96 bits per heavy atom. The van der Waals surface area contributed by atoms with Gasteiger partial charge in [0, 0.05) is 25.1 Å². The van der Waals surface area contributed by atoms with Crippen LogP contribution in [0.4, 0.5) is 23.4 Å². The number of carbonyl (C=O) groups excluding carboxylic acids is 1. The number of benzene rings is 1. The lowest BCUT2D eigenvalue weighted by Crippen LogP contribution is -2.38. The molecular weight excluding hydrogens is 358 g/mol. The number of halogens is 4. The third kappa shape index (κ3) is 4.06. The molecule has 1 aromatic heterocycles. The summed E-state index contributed by atoms with van der Waals surface area (Å²) in [6.07, 6.45) is -3.81. The lowest BCUT2D eigenvalue weighted by atomic mass is 9.93. The first-order valence-electron chi connectivity index (χ1n) is 7.79. The minimum atomic E-state index is -4.92. The first-order valence-corrected chi connectivity index (χ1v) is 7.79. The molecule has 0 radical (unpaired) electrons. The topological polar surface area (TPSA) is 81.6 Å². The van der Waals surface area contributed by atoms with Gasteiger partial charge in [-0.1, -0.05) is 5.16 Å². The summed E-state index contributed by atoms with van der Waals surface area (Å²) in [5.41, 5.74) is 5.70. The number of nitrogens with two attached hydrogens (primary N) is 1. The van der Waals surface area contributed by atoms with Crippen molar-refractivity contribution in [3.63, 3.8) is 0 Å². The molecule has 3 rings (SSSR count). The first kappa shape index (κ1) is 18.0. The quantitative estimate of drug-likeness (QED) is 0.835. The number of nitrogen functional groups attached to an aromatic ring is 1. The Morgan fingerprint density at radius 1 is 1.27 bits per heavy atom. The van der Waals surface area contributed by atoms with Crippen molar-refractivity contribution in [2.75, 3.05) is 18.8 Å². The van der Waals surface area contributed by atoms with E-state index in [0.29, 0.717) is 31.6 Å². The highest BCUT2D eigenvalue weighted by molar-refractivity contribution is 5.95. The third-order valence-corrected chi connectivity index (χ3v) is 4.15. The van der Waals surface area contributed by atoms with Gasteiger partial charge in [0.15, 0.2) is 0 Å². The van der Waals surface area contributed by atoms with E-state index < -0.39 is 29.4 Å². The summed E-state index contributed by atoms with van der Waals surface area (Å²) in [7, 11) is 0. The summed E-state index contributed by atoms with van der Waals surface area (Å²) in [5, 5.41) is 3.84. The van der Waals surface area contributed by atoms with Gasteiger partial charge in [0.25, 0.3) is 5.91 Å². The van der Waals surface area contributed by atoms with E-state index in [0.717, 1.165) is 18.2 Å². The van der Waals surface area contributed by atoms with Gasteiger partial charge >= 0.3 is 6.36 Å². The maximum Gasteiger partial charge on any atom is 0.573 e. The number of amides is 1. The van der Waals surface area contributed by atoms with Crippen LogP contribution in [0.1, 0.15) is 34.8 Å². The molecule has 0 atom stereocenters. The molecule has 0 aliphatic carbocycles. The molecule has 0 bridgehead atoms. The van der Waals surface area contributed by atoms with Crippen molar-refractivity contribution in [3.8, 4) is 5.75 Å². The number of ether oxygens (including phenoxy) is 1. The van der Waals surface area contributed by atoms with Crippen molar-refractivity contribution in [3.05, 3.63) is 41.3 Å². The summed E-state index contributed by atoms with van der Waals surface area (Å²) in [6, 6.07) is 3.97. The van der Waals surface area contributed by atoms with E-state index in [-0.39, 0.29) is 11.8 Å². The van der Waals surface area contributed by atoms with Crippen LogP contribution in [0.15, 0.2) is 28.8 Å². The molecule has 1 amide bonds. The number of anilines is 1. The molecule has 1 aliphatic rings. The number of likely N-dealkylation sites (tertiary alicyclic amines) is 1. The monoisotopic (exact) mass is 373 g/mol. The van der Waals surface area contributed by atoms with Gasteiger partial charge in [0.05, 0.1) is 11.3 Å². The van der Waals surface area contributed by atoms with E-state index in [1.807, 2.05) is 0 Å². The molecular formula is C16H15F4N3O3. The van der Waals surface area contributed by atoms with Gasteiger partial charge in [-0.2, -0.15) is 0 Å². The maximum absolute atomic E-state index is 13.9. The second kappa shape index (κ2) is 6.85. The fraction of sp³-hybridized carbons (Fsp3) is 0.375. The third-order valence-electron chi connectivity index (χ3n) is 4.15. The van der Waals surface area contributed by atoms with E-state index >= 15 is 0 Å². The highest BCUT2D eigenvalue weighted by Gasteiger charge is 2.32. The minimum Gasteiger partial charge on any atom is -0.406 e. The minimum absolute atomic E-state index is 0.0462. The molecule has 0 spiro atoms. The van der Waals surface area contributed by atoms with Crippen LogP contribution in [0.2, 0.25) is 0 Å². The second-order valence-corrected chi connectivity index (χ2v) is 5.91. The fourth-order valence-electron chi connectivity index (χ4n) is 2.91. The average molecular weight is 373 g/mol. The van der Waals surface area contributed by atoms with Gasteiger partial charge in [-0.15, -0.1) is 13.2 Å². The molecule has 1 saturated heterocycles. The maximum atomic E-state index is 13.9. The van der Waals surface area contributed by atoms with Crippen LogP contribution < -0.4 is 10.5 Å². The normalized spacial score (nSPS) is 15.9. The van der Waals surface area contributed by atoms with E-state index in [1.54, 1.807) is 6.07 Å². The number of aromatic nitrogens is 1. The van der Waals surface area contributed by atoms with E-state index in [1.165, 1.54) is 4.90 Å². The Labute approximate surface area is 145 Å². The Bertz CT molecular complexity index is 798. The standard InChI is InChI=1S/C16H15F4N3O3/c17-12-2-1-10(25-16(18,19)20)7-11(12)15(24)23-5-3-9(4-6-23)13-8-14(21)26-22-13/h1-2,7-9H,3-6,21H2. The second-order valence-electron chi connectivity index (χ2n) is 5.91. The van der Waals surface area contributed by atoms with Gasteiger partial charge in [-0.05, 0) is 31.0 Å². The molecule has 10 heteroatoms. The van der Waals surface area contributed by atoms with Crippen molar-refractivity contribution in [2.45, 2.75) is 25.1 Å². The molecule has 0 unspecified atom stereocenters. The van der Waals surface area contributed by atoms with Crippen molar-refractivity contribution in [2.24, 2.45) is 0 Å². The molecule has 140 valence electrons. The van der Waals surface area contributed by atoms with Gasteiger partial charge in [-0.3, -0.25) is 4.79 Å².